The summed E-state index contributed by atoms with van der Waals surface area (Å²) in [7, 11) is -1.81. The highest BCUT2D eigenvalue weighted by atomic mass is 32.2. The molecule has 0 fully saturated rings. The molecule has 110 valence electrons. The second kappa shape index (κ2) is 5.41. The molecule has 1 atom stereocenters. The van der Waals surface area contributed by atoms with Crippen molar-refractivity contribution in [2.75, 3.05) is 24.2 Å². The largest absolute Gasteiger partial charge is 0.478 e. The highest BCUT2D eigenvalue weighted by Gasteiger charge is 2.31. The summed E-state index contributed by atoms with van der Waals surface area (Å²) in [5.41, 5.74) is 5.78. The number of nitrogens with zero attached hydrogens (tertiary/aromatic N) is 1. The number of ether oxygens (including phenoxy) is 1. The molecule has 0 aromatic heterocycles. The number of nitrogens with two attached hydrogens (primary N) is 1. The lowest BCUT2D eigenvalue weighted by atomic mass is 10.1. The second-order valence-electron chi connectivity index (χ2n) is 4.65. The summed E-state index contributed by atoms with van der Waals surface area (Å²) in [4.78, 5) is 13.6. The number of likely N-dealkylation sites (N-methyl/N-ethyl adjacent to an activating group) is 1. The van der Waals surface area contributed by atoms with E-state index in [1.54, 1.807) is 13.1 Å². The molecule has 0 spiro atoms. The van der Waals surface area contributed by atoms with Gasteiger partial charge in [0.25, 0.3) is 5.91 Å². The second-order valence-corrected chi connectivity index (χ2v) is 6.76. The third-order valence-corrected chi connectivity index (χ3v) is 5.03. The predicted octanol–water partition coefficient (Wildman–Crippen LogP) is 0.553. The summed E-state index contributed by atoms with van der Waals surface area (Å²) in [6.07, 6.45) is 0.0505. The van der Waals surface area contributed by atoms with Gasteiger partial charge in [-0.15, -0.1) is 0 Å². The minimum atomic E-state index is -3.42. The molecule has 1 unspecified atom stereocenters. The lowest BCUT2D eigenvalue weighted by Crippen LogP contribution is -2.43. The molecule has 2 rings (SSSR count). The molecule has 0 radical (unpaired) electrons. The smallest absolute Gasteiger partial charge is 0.267 e. The van der Waals surface area contributed by atoms with E-state index in [0.717, 1.165) is 0 Å². The van der Waals surface area contributed by atoms with E-state index in [9.17, 15) is 13.2 Å². The van der Waals surface area contributed by atoms with E-state index < -0.39 is 15.9 Å². The summed E-state index contributed by atoms with van der Waals surface area (Å²) >= 11 is 0. The monoisotopic (exact) mass is 298 g/mol. The fourth-order valence-electron chi connectivity index (χ4n) is 2.12. The number of hydrogen-bond donors (Lipinski definition) is 1. The molecule has 1 amide bonds. The van der Waals surface area contributed by atoms with Crippen molar-refractivity contribution in [1.82, 2.24) is 0 Å². The van der Waals surface area contributed by atoms with E-state index >= 15 is 0 Å². The number of carbonyl (C=O) groups excluding carboxylic acids is 1. The maximum atomic E-state index is 12.0. The van der Waals surface area contributed by atoms with E-state index in [2.05, 4.69) is 0 Å². The zero-order valence-corrected chi connectivity index (χ0v) is 12.3. The van der Waals surface area contributed by atoms with Gasteiger partial charge in [0, 0.05) is 13.6 Å². The third-order valence-electron chi connectivity index (χ3n) is 3.28. The summed E-state index contributed by atoms with van der Waals surface area (Å²) in [6, 6.07) is 4.54. The number of hydrogen-bond acceptors (Lipinski definition) is 5. The average molecular weight is 298 g/mol. The van der Waals surface area contributed by atoms with Crippen molar-refractivity contribution < 1.29 is 17.9 Å². The molecule has 1 heterocycles. The Kier molecular flexibility index (Phi) is 4.01. The van der Waals surface area contributed by atoms with Crippen LogP contribution in [0, 0.1) is 0 Å². The fraction of sp³-hybridized carbons (Fsp3) is 0.462. The Morgan fingerprint density at radius 2 is 2.10 bits per heavy atom. The highest BCUT2D eigenvalue weighted by Crippen LogP contribution is 2.35. The van der Waals surface area contributed by atoms with E-state index in [-0.39, 0.29) is 23.1 Å². The molecule has 1 aromatic rings. The molecule has 0 aliphatic carbocycles. The van der Waals surface area contributed by atoms with E-state index in [1.807, 2.05) is 6.92 Å². The minimum Gasteiger partial charge on any atom is -0.478 e. The van der Waals surface area contributed by atoms with Crippen molar-refractivity contribution in [2.45, 2.75) is 24.3 Å². The van der Waals surface area contributed by atoms with Gasteiger partial charge in [-0.3, -0.25) is 4.79 Å². The molecule has 6 nitrogen and oxygen atoms in total. The molecular formula is C13H18N2O4S. The zero-order valence-electron chi connectivity index (χ0n) is 11.5. The zero-order chi connectivity index (χ0) is 14.9. The molecular weight excluding hydrogens is 280 g/mol. The molecule has 0 bridgehead atoms. The van der Waals surface area contributed by atoms with Crippen molar-refractivity contribution in [1.29, 1.82) is 0 Å². The summed E-state index contributed by atoms with van der Waals surface area (Å²) in [6.45, 7) is 1.92. The Morgan fingerprint density at radius 1 is 1.40 bits per heavy atom. The summed E-state index contributed by atoms with van der Waals surface area (Å²) in [5, 5.41) is 0. The van der Waals surface area contributed by atoms with Crippen LogP contribution in [0.5, 0.6) is 5.75 Å². The lowest BCUT2D eigenvalue weighted by molar-refractivity contribution is -0.126. The van der Waals surface area contributed by atoms with Crippen LogP contribution in [0.2, 0.25) is 0 Å². The first-order valence-corrected chi connectivity index (χ1v) is 8.07. The van der Waals surface area contributed by atoms with E-state index in [1.165, 1.54) is 17.0 Å². The number of sulfone groups is 1. The van der Waals surface area contributed by atoms with Gasteiger partial charge >= 0.3 is 0 Å². The first kappa shape index (κ1) is 14.8. The Bertz CT molecular complexity index is 627. The van der Waals surface area contributed by atoms with Crippen LogP contribution in [0.15, 0.2) is 23.1 Å². The Labute approximate surface area is 118 Å². The molecule has 1 aromatic carbocycles. The first-order valence-electron chi connectivity index (χ1n) is 6.41. The topological polar surface area (TPSA) is 89.7 Å². The Morgan fingerprint density at radius 3 is 2.70 bits per heavy atom. The van der Waals surface area contributed by atoms with Crippen molar-refractivity contribution in [3.63, 3.8) is 0 Å². The highest BCUT2D eigenvalue weighted by molar-refractivity contribution is 7.91. The molecule has 1 aliphatic rings. The van der Waals surface area contributed by atoms with Crippen LogP contribution in [0.1, 0.15) is 13.3 Å². The standard InChI is InChI=1S/C13H18N2O4S/c1-3-11-13(16)15(2)10-8-9(4-5-12(10)19-11)20(17,18)7-6-14/h4-5,8,11H,3,6-7,14H2,1-2H3. The summed E-state index contributed by atoms with van der Waals surface area (Å²) in [5.74, 6) is 0.223. The first-order chi connectivity index (χ1) is 9.40. The minimum absolute atomic E-state index is 0.0581. The van der Waals surface area contributed by atoms with Crippen molar-refractivity contribution >= 4 is 21.4 Å². The van der Waals surface area contributed by atoms with Crippen LogP contribution in [-0.4, -0.2) is 39.8 Å². The van der Waals surface area contributed by atoms with Gasteiger partial charge in [0.15, 0.2) is 15.9 Å². The SMILES string of the molecule is CCC1Oc2ccc(S(=O)(=O)CCN)cc2N(C)C1=O. The van der Waals surface area contributed by atoms with Gasteiger partial charge in [-0.05, 0) is 24.6 Å². The van der Waals surface area contributed by atoms with Crippen LogP contribution in [0.3, 0.4) is 0 Å². The molecule has 0 saturated carbocycles. The average Bonchev–Trinajstić information content (AvgIpc) is 2.42. The molecule has 1 aliphatic heterocycles. The van der Waals surface area contributed by atoms with Gasteiger partial charge < -0.3 is 15.4 Å². The Balaban J connectivity index is 2.45. The van der Waals surface area contributed by atoms with Crippen LogP contribution < -0.4 is 15.4 Å². The third kappa shape index (κ3) is 2.51. The molecule has 20 heavy (non-hydrogen) atoms. The number of amides is 1. The number of fused-ring (bicyclic) bond motifs is 1. The number of rotatable bonds is 4. The van der Waals surface area contributed by atoms with E-state index in [4.69, 9.17) is 10.5 Å². The van der Waals surface area contributed by atoms with Crippen molar-refractivity contribution in [3.05, 3.63) is 18.2 Å². The van der Waals surface area contributed by atoms with Gasteiger partial charge in [0.2, 0.25) is 0 Å². The van der Waals surface area contributed by atoms with Gasteiger partial charge in [0.05, 0.1) is 16.3 Å². The van der Waals surface area contributed by atoms with Gasteiger partial charge in [-0.25, -0.2) is 8.42 Å². The predicted molar refractivity (Wildman–Crippen MR) is 75.7 cm³/mol. The quantitative estimate of drug-likeness (QED) is 0.877. The van der Waals surface area contributed by atoms with Crippen LogP contribution >= 0.6 is 0 Å². The van der Waals surface area contributed by atoms with Gasteiger partial charge in [-0.1, -0.05) is 6.92 Å². The Hall–Kier alpha value is -1.60. The fourth-order valence-corrected chi connectivity index (χ4v) is 3.23. The van der Waals surface area contributed by atoms with Gasteiger partial charge in [0.1, 0.15) is 5.75 Å². The maximum Gasteiger partial charge on any atom is 0.267 e. The molecule has 2 N–H and O–H groups in total. The van der Waals surface area contributed by atoms with Crippen LogP contribution in [0.25, 0.3) is 0 Å². The van der Waals surface area contributed by atoms with Crippen LogP contribution in [0.4, 0.5) is 5.69 Å². The number of anilines is 1. The normalized spacial score (nSPS) is 18.6. The van der Waals surface area contributed by atoms with Crippen molar-refractivity contribution in [3.8, 4) is 5.75 Å². The van der Waals surface area contributed by atoms with Gasteiger partial charge in [-0.2, -0.15) is 0 Å². The molecule has 0 saturated heterocycles. The summed E-state index contributed by atoms with van der Waals surface area (Å²) < 4.78 is 29.6. The van der Waals surface area contributed by atoms with Crippen LogP contribution in [-0.2, 0) is 14.6 Å². The number of carbonyl (C=O) groups is 1. The number of benzene rings is 1. The van der Waals surface area contributed by atoms with Crippen molar-refractivity contribution in [2.24, 2.45) is 5.73 Å². The lowest BCUT2D eigenvalue weighted by Gasteiger charge is -2.31. The maximum absolute atomic E-state index is 12.0. The van der Waals surface area contributed by atoms with E-state index in [0.29, 0.717) is 17.9 Å². The molecule has 7 heteroatoms.